The maximum absolute atomic E-state index is 10.8. The highest BCUT2D eigenvalue weighted by molar-refractivity contribution is 7.80. The van der Waals surface area contributed by atoms with Gasteiger partial charge in [0.05, 0.1) is 0 Å². The Kier molecular flexibility index (Phi) is 2.80. The fourth-order valence-electron chi connectivity index (χ4n) is 0.773. The second kappa shape index (κ2) is 3.85. The first kappa shape index (κ1) is 9.46. The summed E-state index contributed by atoms with van der Waals surface area (Å²) < 4.78 is 4.96. The molecule has 1 aliphatic heterocycles. The SMILES string of the molecule is NC(=O)C1=CCOC1=NNC(N)=S. The van der Waals surface area contributed by atoms with Crippen LogP contribution in [0.2, 0.25) is 0 Å². The molecule has 0 aliphatic carbocycles. The van der Waals surface area contributed by atoms with Crippen LogP contribution in [0.5, 0.6) is 0 Å². The molecule has 0 atom stereocenters. The van der Waals surface area contributed by atoms with Crippen molar-refractivity contribution in [3.05, 3.63) is 11.6 Å². The van der Waals surface area contributed by atoms with Gasteiger partial charge in [-0.05, 0) is 18.3 Å². The maximum Gasteiger partial charge on any atom is 0.254 e. The zero-order valence-corrected chi connectivity index (χ0v) is 7.43. The number of hydrazone groups is 1. The highest BCUT2D eigenvalue weighted by atomic mass is 32.1. The van der Waals surface area contributed by atoms with Crippen LogP contribution < -0.4 is 16.9 Å². The summed E-state index contributed by atoms with van der Waals surface area (Å²) in [6, 6.07) is 0. The largest absolute Gasteiger partial charge is 0.472 e. The van der Waals surface area contributed by atoms with Crippen molar-refractivity contribution < 1.29 is 9.53 Å². The lowest BCUT2D eigenvalue weighted by Crippen LogP contribution is -2.27. The van der Waals surface area contributed by atoms with Crippen LogP contribution >= 0.6 is 12.2 Å². The molecular formula is C6H8N4O2S. The Balaban J connectivity index is 2.71. The number of nitrogens with zero attached hydrogens (tertiary/aromatic N) is 1. The standard InChI is InChI=1S/C6H8N4O2S/c7-4(11)3-1-2-12-5(3)9-10-6(8)13/h1H,2H2,(H2,7,11)(H3,8,10,13). The van der Waals surface area contributed by atoms with Crippen molar-refractivity contribution in [2.45, 2.75) is 0 Å². The Labute approximate surface area is 79.6 Å². The van der Waals surface area contributed by atoms with E-state index in [0.29, 0.717) is 0 Å². The second-order valence-corrected chi connectivity index (χ2v) is 2.63. The van der Waals surface area contributed by atoms with E-state index in [-0.39, 0.29) is 23.2 Å². The molecular weight excluding hydrogens is 192 g/mol. The molecule has 0 aromatic rings. The molecule has 0 spiro atoms. The van der Waals surface area contributed by atoms with Crippen molar-refractivity contribution >= 4 is 29.1 Å². The molecule has 0 unspecified atom stereocenters. The van der Waals surface area contributed by atoms with Crippen molar-refractivity contribution in [2.24, 2.45) is 16.6 Å². The van der Waals surface area contributed by atoms with Gasteiger partial charge < -0.3 is 16.2 Å². The molecule has 70 valence electrons. The van der Waals surface area contributed by atoms with Gasteiger partial charge in [-0.3, -0.25) is 10.2 Å². The first-order valence-corrected chi connectivity index (χ1v) is 3.78. The lowest BCUT2D eigenvalue weighted by atomic mass is 10.2. The number of amides is 1. The number of primary amides is 1. The van der Waals surface area contributed by atoms with E-state index >= 15 is 0 Å². The van der Waals surface area contributed by atoms with E-state index in [1.54, 1.807) is 0 Å². The number of nitrogens with two attached hydrogens (primary N) is 2. The smallest absolute Gasteiger partial charge is 0.254 e. The number of carbonyl (C=O) groups excluding carboxylic acids is 1. The van der Waals surface area contributed by atoms with E-state index in [0.717, 1.165) is 0 Å². The highest BCUT2D eigenvalue weighted by Gasteiger charge is 2.19. The average molecular weight is 200 g/mol. The number of hydrogen-bond donors (Lipinski definition) is 3. The molecule has 0 fully saturated rings. The molecule has 13 heavy (non-hydrogen) atoms. The fourth-order valence-corrected chi connectivity index (χ4v) is 0.819. The van der Waals surface area contributed by atoms with Gasteiger partial charge in [0, 0.05) is 0 Å². The predicted molar refractivity (Wildman–Crippen MR) is 50.6 cm³/mol. The lowest BCUT2D eigenvalue weighted by molar-refractivity contribution is -0.114. The molecule has 0 aromatic carbocycles. The lowest BCUT2D eigenvalue weighted by Gasteiger charge is -2.00. The summed E-state index contributed by atoms with van der Waals surface area (Å²) in [5, 5.41) is 3.63. The highest BCUT2D eigenvalue weighted by Crippen LogP contribution is 2.06. The molecule has 7 heteroatoms. The molecule has 1 aliphatic rings. The first-order chi connectivity index (χ1) is 6.11. The monoisotopic (exact) mass is 200 g/mol. The minimum Gasteiger partial charge on any atom is -0.472 e. The van der Waals surface area contributed by atoms with Crippen LogP contribution in [0.3, 0.4) is 0 Å². The van der Waals surface area contributed by atoms with Crippen molar-refractivity contribution in [1.29, 1.82) is 0 Å². The zero-order valence-electron chi connectivity index (χ0n) is 6.61. The van der Waals surface area contributed by atoms with Gasteiger partial charge in [0.2, 0.25) is 5.90 Å². The zero-order chi connectivity index (χ0) is 9.84. The quantitative estimate of drug-likeness (QED) is 0.375. The van der Waals surface area contributed by atoms with Crippen molar-refractivity contribution in [3.63, 3.8) is 0 Å². The maximum atomic E-state index is 10.8. The van der Waals surface area contributed by atoms with Crippen molar-refractivity contribution in [3.8, 4) is 0 Å². The number of rotatable bonds is 2. The molecule has 1 rings (SSSR count). The minimum atomic E-state index is -0.596. The summed E-state index contributed by atoms with van der Waals surface area (Å²) in [4.78, 5) is 10.8. The van der Waals surface area contributed by atoms with Crippen LogP contribution in [0.4, 0.5) is 0 Å². The Morgan fingerprint density at radius 3 is 2.92 bits per heavy atom. The van der Waals surface area contributed by atoms with Crippen molar-refractivity contribution in [2.75, 3.05) is 6.61 Å². The Morgan fingerprint density at radius 2 is 2.38 bits per heavy atom. The third-order valence-electron chi connectivity index (χ3n) is 1.27. The summed E-state index contributed by atoms with van der Waals surface area (Å²) in [6.07, 6.45) is 1.53. The van der Waals surface area contributed by atoms with Crippen LogP contribution in [0.15, 0.2) is 16.8 Å². The van der Waals surface area contributed by atoms with E-state index < -0.39 is 5.91 Å². The molecule has 1 heterocycles. The van der Waals surface area contributed by atoms with Gasteiger partial charge in [-0.2, -0.15) is 0 Å². The third-order valence-corrected chi connectivity index (χ3v) is 1.36. The fraction of sp³-hybridized carbons (Fsp3) is 0.167. The number of nitrogens with one attached hydrogen (secondary N) is 1. The van der Waals surface area contributed by atoms with E-state index in [1.807, 2.05) is 0 Å². The first-order valence-electron chi connectivity index (χ1n) is 3.37. The van der Waals surface area contributed by atoms with E-state index in [2.05, 4.69) is 22.7 Å². The average Bonchev–Trinajstić information content (AvgIpc) is 2.47. The van der Waals surface area contributed by atoms with Gasteiger partial charge in [0.15, 0.2) is 5.11 Å². The van der Waals surface area contributed by atoms with Crippen LogP contribution in [0.1, 0.15) is 0 Å². The van der Waals surface area contributed by atoms with Crippen LogP contribution in [0.25, 0.3) is 0 Å². The normalized spacial score (nSPS) is 17.8. The van der Waals surface area contributed by atoms with Crippen LogP contribution in [0, 0.1) is 0 Å². The predicted octanol–water partition coefficient (Wildman–Crippen LogP) is -1.42. The van der Waals surface area contributed by atoms with Crippen LogP contribution in [-0.4, -0.2) is 23.5 Å². The summed E-state index contributed by atoms with van der Waals surface area (Å²) in [6.45, 7) is 0.274. The van der Waals surface area contributed by atoms with Gasteiger partial charge in [0.25, 0.3) is 5.91 Å². The third kappa shape index (κ3) is 2.41. The van der Waals surface area contributed by atoms with Crippen molar-refractivity contribution in [1.82, 2.24) is 5.43 Å². The molecule has 0 radical (unpaired) electrons. The molecule has 0 saturated heterocycles. The number of ether oxygens (including phenoxy) is 1. The molecule has 0 aromatic heterocycles. The van der Waals surface area contributed by atoms with Crippen LogP contribution in [-0.2, 0) is 9.53 Å². The molecule has 0 saturated carbocycles. The topological polar surface area (TPSA) is 103 Å². The number of thiocarbonyl (C=S) groups is 1. The van der Waals surface area contributed by atoms with E-state index in [1.165, 1.54) is 6.08 Å². The summed E-state index contributed by atoms with van der Waals surface area (Å²) in [7, 11) is 0. The van der Waals surface area contributed by atoms with E-state index in [9.17, 15) is 4.79 Å². The van der Waals surface area contributed by atoms with Gasteiger partial charge in [0.1, 0.15) is 12.2 Å². The summed E-state index contributed by atoms with van der Waals surface area (Å²) >= 11 is 4.50. The molecule has 0 bridgehead atoms. The van der Waals surface area contributed by atoms with E-state index in [4.69, 9.17) is 16.2 Å². The number of carbonyl (C=O) groups is 1. The Morgan fingerprint density at radius 1 is 1.69 bits per heavy atom. The van der Waals surface area contributed by atoms with Gasteiger partial charge in [-0.25, -0.2) is 0 Å². The second-order valence-electron chi connectivity index (χ2n) is 2.19. The Bertz CT molecular complexity index is 310. The van der Waals surface area contributed by atoms with Gasteiger partial charge in [-0.15, -0.1) is 5.10 Å². The van der Waals surface area contributed by atoms with Gasteiger partial charge >= 0.3 is 0 Å². The number of hydrogen-bond acceptors (Lipinski definition) is 4. The molecule has 6 nitrogen and oxygen atoms in total. The minimum absolute atomic E-state index is 0.00757. The summed E-state index contributed by atoms with van der Waals surface area (Å²) in [5.41, 5.74) is 12.7. The summed E-state index contributed by atoms with van der Waals surface area (Å²) in [5.74, 6) is -0.485. The Hall–Kier alpha value is -1.63. The molecule has 5 N–H and O–H groups in total. The molecule has 1 amide bonds. The van der Waals surface area contributed by atoms with Gasteiger partial charge in [-0.1, -0.05) is 0 Å².